The van der Waals surface area contributed by atoms with Crippen molar-refractivity contribution < 1.29 is 14.3 Å². The summed E-state index contributed by atoms with van der Waals surface area (Å²) < 4.78 is 4.96. The minimum absolute atomic E-state index is 0.201. The highest BCUT2D eigenvalue weighted by atomic mass is 32.1. The first kappa shape index (κ1) is 17.9. The van der Waals surface area contributed by atoms with Gasteiger partial charge in [-0.15, -0.1) is 11.3 Å². The van der Waals surface area contributed by atoms with E-state index in [-0.39, 0.29) is 18.2 Å². The molecular weight excluding hydrogens is 326 g/mol. The zero-order valence-electron chi connectivity index (χ0n) is 13.7. The molecule has 2 aromatic rings. The Hall–Kier alpha value is -2.41. The van der Waals surface area contributed by atoms with Gasteiger partial charge in [-0.3, -0.25) is 4.79 Å². The predicted molar refractivity (Wildman–Crippen MR) is 94.0 cm³/mol. The van der Waals surface area contributed by atoms with Crippen LogP contribution in [0.15, 0.2) is 35.7 Å². The average Bonchev–Trinajstić information content (AvgIpc) is 3.06. The van der Waals surface area contributed by atoms with E-state index in [1.54, 1.807) is 5.38 Å². The van der Waals surface area contributed by atoms with Gasteiger partial charge in [-0.05, 0) is 11.5 Å². The molecule has 1 heterocycles. The number of amides is 1. The van der Waals surface area contributed by atoms with E-state index in [1.165, 1.54) is 11.3 Å². The molecule has 7 heteroatoms. The first-order valence-corrected chi connectivity index (χ1v) is 8.59. The Morgan fingerprint density at radius 3 is 2.71 bits per heavy atom. The number of benzene rings is 1. The number of carbonyl (C=O) groups excluding carboxylic acids is 2. The van der Waals surface area contributed by atoms with Crippen molar-refractivity contribution in [3.05, 3.63) is 47.0 Å². The number of nitrogens with one attached hydrogen (secondary N) is 2. The molecule has 0 unspecified atom stereocenters. The summed E-state index contributed by atoms with van der Waals surface area (Å²) in [6.07, 6.45) is 0. The first-order valence-electron chi connectivity index (χ1n) is 7.71. The number of thiazole rings is 1. The Morgan fingerprint density at radius 2 is 2.00 bits per heavy atom. The first-order chi connectivity index (χ1) is 11.5. The van der Waals surface area contributed by atoms with Crippen LogP contribution < -0.4 is 10.6 Å². The van der Waals surface area contributed by atoms with E-state index in [0.717, 1.165) is 5.56 Å². The molecule has 0 spiro atoms. The summed E-state index contributed by atoms with van der Waals surface area (Å²) in [6.45, 7) is 4.87. The lowest BCUT2D eigenvalue weighted by molar-refractivity contribution is -0.124. The number of esters is 1. The standard InChI is InChI=1S/C17H21N3O3S/c1-12(2)8-18-15(21)10-23-16(22)14-11-24-17(20-14)19-9-13-6-4-3-5-7-13/h3-7,11-12H,8-10H2,1-2H3,(H,18,21)(H,19,20). The van der Waals surface area contributed by atoms with Crippen molar-refractivity contribution in [2.75, 3.05) is 18.5 Å². The van der Waals surface area contributed by atoms with Crippen molar-refractivity contribution in [1.29, 1.82) is 0 Å². The summed E-state index contributed by atoms with van der Waals surface area (Å²) in [5, 5.41) is 8.09. The molecule has 0 atom stereocenters. The second-order valence-electron chi connectivity index (χ2n) is 5.65. The van der Waals surface area contributed by atoms with Gasteiger partial charge in [0.05, 0.1) is 0 Å². The molecule has 0 saturated heterocycles. The molecule has 128 valence electrons. The molecule has 0 radical (unpaired) electrons. The van der Waals surface area contributed by atoms with Crippen LogP contribution in [0.2, 0.25) is 0 Å². The molecule has 2 rings (SSSR count). The van der Waals surface area contributed by atoms with E-state index < -0.39 is 5.97 Å². The average molecular weight is 347 g/mol. The van der Waals surface area contributed by atoms with Gasteiger partial charge in [0, 0.05) is 18.5 Å². The summed E-state index contributed by atoms with van der Waals surface area (Å²) in [7, 11) is 0. The van der Waals surface area contributed by atoms with Crippen LogP contribution in [0.3, 0.4) is 0 Å². The fourth-order valence-electron chi connectivity index (χ4n) is 1.80. The molecule has 0 bridgehead atoms. The Bertz CT molecular complexity index is 671. The van der Waals surface area contributed by atoms with E-state index in [2.05, 4.69) is 15.6 Å². The monoisotopic (exact) mass is 347 g/mol. The highest BCUT2D eigenvalue weighted by Gasteiger charge is 2.14. The molecule has 1 aromatic carbocycles. The Morgan fingerprint density at radius 1 is 1.25 bits per heavy atom. The molecule has 1 aromatic heterocycles. The van der Waals surface area contributed by atoms with Gasteiger partial charge in [-0.2, -0.15) is 0 Å². The number of ether oxygens (including phenoxy) is 1. The lowest BCUT2D eigenvalue weighted by Gasteiger charge is -2.07. The summed E-state index contributed by atoms with van der Waals surface area (Å²) >= 11 is 1.32. The van der Waals surface area contributed by atoms with Gasteiger partial charge >= 0.3 is 5.97 Å². The van der Waals surface area contributed by atoms with Gasteiger partial charge in [0.2, 0.25) is 0 Å². The number of anilines is 1. The zero-order valence-corrected chi connectivity index (χ0v) is 14.6. The fourth-order valence-corrected chi connectivity index (χ4v) is 2.47. The Labute approximate surface area is 145 Å². The van der Waals surface area contributed by atoms with Crippen LogP contribution in [-0.4, -0.2) is 30.0 Å². The maximum Gasteiger partial charge on any atom is 0.358 e. The van der Waals surface area contributed by atoms with Crippen LogP contribution in [0.4, 0.5) is 5.13 Å². The van der Waals surface area contributed by atoms with Crippen LogP contribution in [-0.2, 0) is 16.1 Å². The summed E-state index contributed by atoms with van der Waals surface area (Å²) in [5.41, 5.74) is 1.32. The van der Waals surface area contributed by atoms with E-state index in [0.29, 0.717) is 24.1 Å². The lowest BCUT2D eigenvalue weighted by atomic mass is 10.2. The molecule has 24 heavy (non-hydrogen) atoms. The molecule has 2 N–H and O–H groups in total. The molecule has 6 nitrogen and oxygen atoms in total. The summed E-state index contributed by atoms with van der Waals surface area (Å²) in [4.78, 5) is 27.6. The maximum absolute atomic E-state index is 11.9. The lowest BCUT2D eigenvalue weighted by Crippen LogP contribution is -2.31. The predicted octanol–water partition coefficient (Wildman–Crippen LogP) is 2.68. The number of nitrogens with zero attached hydrogens (tertiary/aromatic N) is 1. The van der Waals surface area contributed by atoms with Crippen LogP contribution in [0, 0.1) is 5.92 Å². The van der Waals surface area contributed by atoms with Gasteiger partial charge in [0.1, 0.15) is 0 Å². The second-order valence-corrected chi connectivity index (χ2v) is 6.51. The van der Waals surface area contributed by atoms with Crippen molar-refractivity contribution in [2.24, 2.45) is 5.92 Å². The number of hydrogen-bond donors (Lipinski definition) is 2. The topological polar surface area (TPSA) is 80.3 Å². The van der Waals surface area contributed by atoms with Gasteiger partial charge in [-0.25, -0.2) is 9.78 Å². The third kappa shape index (κ3) is 6.00. The van der Waals surface area contributed by atoms with Gasteiger partial charge in [-0.1, -0.05) is 44.2 Å². The van der Waals surface area contributed by atoms with E-state index >= 15 is 0 Å². The molecular formula is C17H21N3O3S. The van der Waals surface area contributed by atoms with Crippen molar-refractivity contribution in [3.8, 4) is 0 Å². The molecule has 0 saturated carbocycles. The van der Waals surface area contributed by atoms with Crippen molar-refractivity contribution in [2.45, 2.75) is 20.4 Å². The SMILES string of the molecule is CC(C)CNC(=O)COC(=O)c1csc(NCc2ccccc2)n1. The molecule has 0 aliphatic rings. The number of carbonyl (C=O) groups is 2. The number of hydrogen-bond acceptors (Lipinski definition) is 6. The van der Waals surface area contributed by atoms with Crippen molar-refractivity contribution in [3.63, 3.8) is 0 Å². The Balaban J connectivity index is 1.77. The third-order valence-corrected chi connectivity index (χ3v) is 3.84. The highest BCUT2D eigenvalue weighted by molar-refractivity contribution is 7.13. The number of aromatic nitrogens is 1. The third-order valence-electron chi connectivity index (χ3n) is 3.04. The smallest absolute Gasteiger partial charge is 0.358 e. The van der Waals surface area contributed by atoms with Crippen LogP contribution >= 0.6 is 11.3 Å². The van der Waals surface area contributed by atoms with Gasteiger partial charge in [0.25, 0.3) is 5.91 Å². The molecule has 0 aliphatic heterocycles. The molecule has 0 fully saturated rings. The minimum atomic E-state index is -0.598. The maximum atomic E-state index is 11.9. The zero-order chi connectivity index (χ0) is 17.4. The van der Waals surface area contributed by atoms with E-state index in [9.17, 15) is 9.59 Å². The van der Waals surface area contributed by atoms with Crippen molar-refractivity contribution in [1.82, 2.24) is 10.3 Å². The van der Waals surface area contributed by atoms with Gasteiger partial charge in [0.15, 0.2) is 17.4 Å². The van der Waals surface area contributed by atoms with Crippen LogP contribution in [0.1, 0.15) is 29.9 Å². The highest BCUT2D eigenvalue weighted by Crippen LogP contribution is 2.17. The second kappa shape index (κ2) is 9.02. The fraction of sp³-hybridized carbons (Fsp3) is 0.353. The molecule has 0 aliphatic carbocycles. The van der Waals surface area contributed by atoms with Gasteiger partial charge < -0.3 is 15.4 Å². The molecule has 1 amide bonds. The summed E-state index contributed by atoms with van der Waals surface area (Å²) in [6, 6.07) is 9.90. The number of rotatable bonds is 8. The normalized spacial score (nSPS) is 10.5. The largest absolute Gasteiger partial charge is 0.451 e. The quantitative estimate of drug-likeness (QED) is 0.718. The van der Waals surface area contributed by atoms with Crippen LogP contribution in [0.5, 0.6) is 0 Å². The van der Waals surface area contributed by atoms with E-state index in [4.69, 9.17) is 4.74 Å². The summed E-state index contributed by atoms with van der Waals surface area (Å²) in [5.74, 6) is -0.560. The van der Waals surface area contributed by atoms with Crippen molar-refractivity contribution >= 4 is 28.3 Å². The van der Waals surface area contributed by atoms with Crippen LogP contribution in [0.25, 0.3) is 0 Å². The van der Waals surface area contributed by atoms with E-state index in [1.807, 2.05) is 44.2 Å². The Kier molecular flexibility index (Phi) is 6.74. The minimum Gasteiger partial charge on any atom is -0.451 e.